The highest BCUT2D eigenvalue weighted by atomic mass is 35.5. The maximum atomic E-state index is 12.5. The van der Waals surface area contributed by atoms with Gasteiger partial charge < -0.3 is 20.1 Å². The Kier molecular flexibility index (Phi) is 9.45. The predicted octanol–water partition coefficient (Wildman–Crippen LogP) is 3.81. The van der Waals surface area contributed by atoms with Gasteiger partial charge in [0, 0.05) is 19.6 Å². The summed E-state index contributed by atoms with van der Waals surface area (Å²) in [5, 5.41) is 6.38. The lowest BCUT2D eigenvalue weighted by Crippen LogP contribution is -2.49. The van der Waals surface area contributed by atoms with Crippen LogP contribution in [0.25, 0.3) is 0 Å². The Morgan fingerprint density at radius 2 is 1.76 bits per heavy atom. The van der Waals surface area contributed by atoms with Crippen LogP contribution in [0.15, 0.2) is 54.6 Å². The van der Waals surface area contributed by atoms with E-state index in [-0.39, 0.29) is 23.9 Å². The minimum atomic E-state index is -0.354. The number of hydrogen-bond donors (Lipinski definition) is 2. The Hall–Kier alpha value is -2.08. The summed E-state index contributed by atoms with van der Waals surface area (Å²) in [6, 6.07) is 18.2. The molecule has 0 aliphatic carbocycles. The molecule has 29 heavy (non-hydrogen) atoms. The number of nitrogens with one attached hydrogen (secondary N) is 2. The van der Waals surface area contributed by atoms with Crippen molar-refractivity contribution < 1.29 is 14.3 Å². The van der Waals surface area contributed by atoms with E-state index < -0.39 is 0 Å². The van der Waals surface area contributed by atoms with Crippen LogP contribution in [0.3, 0.4) is 0 Å². The largest absolute Gasteiger partial charge is 0.489 e. The Morgan fingerprint density at radius 3 is 2.41 bits per heavy atom. The summed E-state index contributed by atoms with van der Waals surface area (Å²) in [5.41, 5.74) is 1.90. The van der Waals surface area contributed by atoms with E-state index in [9.17, 15) is 4.79 Å². The van der Waals surface area contributed by atoms with E-state index in [0.29, 0.717) is 26.2 Å². The first-order chi connectivity index (χ1) is 13.7. The van der Waals surface area contributed by atoms with Crippen molar-refractivity contribution in [2.24, 2.45) is 0 Å². The second-order valence-electron chi connectivity index (χ2n) is 7.25. The molecule has 1 saturated heterocycles. The number of rotatable bonds is 9. The molecule has 2 aromatic carbocycles. The summed E-state index contributed by atoms with van der Waals surface area (Å²) in [6.07, 6.45) is 2.94. The number of carbonyl (C=O) groups excluding carboxylic acids is 1. The molecule has 0 atom stereocenters. The average Bonchev–Trinajstić information content (AvgIpc) is 2.74. The average molecular weight is 419 g/mol. The van der Waals surface area contributed by atoms with Gasteiger partial charge >= 0.3 is 0 Å². The lowest BCUT2D eigenvalue weighted by molar-refractivity contribution is -0.124. The molecule has 158 valence electrons. The maximum absolute atomic E-state index is 12.5. The quantitative estimate of drug-likeness (QED) is 0.608. The first-order valence-corrected chi connectivity index (χ1v) is 10.0. The Bertz CT molecular complexity index is 732. The highest BCUT2D eigenvalue weighted by molar-refractivity contribution is 5.85. The second kappa shape index (κ2) is 11.8. The summed E-state index contributed by atoms with van der Waals surface area (Å²) in [5.74, 6) is 0.928. The van der Waals surface area contributed by atoms with Crippen molar-refractivity contribution in [2.45, 2.75) is 37.8 Å². The monoisotopic (exact) mass is 418 g/mol. The van der Waals surface area contributed by atoms with Crippen molar-refractivity contribution >= 4 is 18.3 Å². The number of amides is 1. The van der Waals surface area contributed by atoms with Crippen molar-refractivity contribution in [1.82, 2.24) is 10.6 Å². The molecule has 1 amide bonds. The molecule has 0 spiro atoms. The predicted molar refractivity (Wildman–Crippen MR) is 117 cm³/mol. The van der Waals surface area contributed by atoms with E-state index in [1.54, 1.807) is 0 Å². The van der Waals surface area contributed by atoms with Crippen LogP contribution in [0.4, 0.5) is 0 Å². The molecule has 1 aliphatic heterocycles. The van der Waals surface area contributed by atoms with Gasteiger partial charge in [0.15, 0.2) is 0 Å². The van der Waals surface area contributed by atoms with Gasteiger partial charge in [-0.05, 0) is 56.1 Å². The molecule has 0 bridgehead atoms. The molecule has 1 aliphatic rings. The molecule has 0 unspecified atom stereocenters. The van der Waals surface area contributed by atoms with Crippen LogP contribution in [-0.2, 0) is 21.7 Å². The standard InChI is InChI=1S/C23H30N2O3.ClH/c1-24-15-5-8-22(26)25-23(13-16-27-17-14-23)20-9-11-21(12-10-20)28-18-19-6-3-2-4-7-19;/h2-4,6-7,9-12,24H,5,8,13-18H2,1H3,(H,25,26);1H. The molecule has 6 heteroatoms. The van der Waals surface area contributed by atoms with Gasteiger partial charge in [-0.2, -0.15) is 0 Å². The Labute approximate surface area is 179 Å². The van der Waals surface area contributed by atoms with Crippen LogP contribution in [0.2, 0.25) is 0 Å². The van der Waals surface area contributed by atoms with Gasteiger partial charge in [-0.25, -0.2) is 0 Å². The third-order valence-electron chi connectivity index (χ3n) is 5.21. The summed E-state index contributed by atoms with van der Waals surface area (Å²) in [6.45, 7) is 2.70. The molecule has 1 fully saturated rings. The molecule has 0 radical (unpaired) electrons. The number of halogens is 1. The first-order valence-electron chi connectivity index (χ1n) is 10.0. The topological polar surface area (TPSA) is 59.6 Å². The first kappa shape index (κ1) is 23.2. The van der Waals surface area contributed by atoms with E-state index in [4.69, 9.17) is 9.47 Å². The van der Waals surface area contributed by atoms with Crippen molar-refractivity contribution in [3.05, 3.63) is 65.7 Å². The van der Waals surface area contributed by atoms with Crippen LogP contribution in [0.5, 0.6) is 5.75 Å². The van der Waals surface area contributed by atoms with Crippen molar-refractivity contribution in [3.63, 3.8) is 0 Å². The third kappa shape index (κ3) is 6.74. The van der Waals surface area contributed by atoms with Gasteiger partial charge in [-0.1, -0.05) is 42.5 Å². The van der Waals surface area contributed by atoms with E-state index in [0.717, 1.165) is 42.7 Å². The van der Waals surface area contributed by atoms with Crippen LogP contribution >= 0.6 is 12.4 Å². The van der Waals surface area contributed by atoms with Crippen LogP contribution in [-0.4, -0.2) is 32.7 Å². The minimum Gasteiger partial charge on any atom is -0.489 e. The number of hydrogen-bond acceptors (Lipinski definition) is 4. The highest BCUT2D eigenvalue weighted by Gasteiger charge is 2.35. The van der Waals surface area contributed by atoms with E-state index in [2.05, 4.69) is 34.9 Å². The molecule has 1 heterocycles. The highest BCUT2D eigenvalue weighted by Crippen LogP contribution is 2.33. The lowest BCUT2D eigenvalue weighted by Gasteiger charge is -2.38. The summed E-state index contributed by atoms with van der Waals surface area (Å²) in [7, 11) is 1.90. The van der Waals surface area contributed by atoms with E-state index in [1.165, 1.54) is 0 Å². The minimum absolute atomic E-state index is 0. The summed E-state index contributed by atoms with van der Waals surface area (Å²) < 4.78 is 11.4. The summed E-state index contributed by atoms with van der Waals surface area (Å²) >= 11 is 0. The van der Waals surface area contributed by atoms with Gasteiger partial charge in [0.05, 0.1) is 5.54 Å². The normalized spacial score (nSPS) is 15.2. The Balaban J connectivity index is 0.00000300. The van der Waals surface area contributed by atoms with Gasteiger partial charge in [0.25, 0.3) is 0 Å². The van der Waals surface area contributed by atoms with Gasteiger partial charge in [0.1, 0.15) is 12.4 Å². The molecule has 2 N–H and O–H groups in total. The molecular formula is C23H31ClN2O3. The smallest absolute Gasteiger partial charge is 0.220 e. The maximum Gasteiger partial charge on any atom is 0.220 e. The van der Waals surface area contributed by atoms with E-state index >= 15 is 0 Å². The zero-order valence-electron chi connectivity index (χ0n) is 17.0. The third-order valence-corrected chi connectivity index (χ3v) is 5.21. The SMILES string of the molecule is CNCCCC(=O)NC1(c2ccc(OCc3ccccc3)cc2)CCOCC1.Cl. The van der Waals surface area contributed by atoms with Crippen molar-refractivity contribution in [2.75, 3.05) is 26.8 Å². The molecule has 5 nitrogen and oxygen atoms in total. The molecule has 2 aromatic rings. The van der Waals surface area contributed by atoms with Crippen LogP contribution in [0, 0.1) is 0 Å². The molecule has 0 aromatic heterocycles. The zero-order chi connectivity index (χ0) is 19.7. The van der Waals surface area contributed by atoms with Crippen molar-refractivity contribution in [1.29, 1.82) is 0 Å². The number of carbonyl (C=O) groups is 1. The zero-order valence-corrected chi connectivity index (χ0v) is 17.8. The number of benzene rings is 2. The fourth-order valence-corrected chi connectivity index (χ4v) is 3.57. The molecule has 0 saturated carbocycles. The number of ether oxygens (including phenoxy) is 2. The summed E-state index contributed by atoms with van der Waals surface area (Å²) in [4.78, 5) is 12.5. The van der Waals surface area contributed by atoms with Crippen LogP contribution in [0.1, 0.15) is 36.8 Å². The van der Waals surface area contributed by atoms with Gasteiger partial charge in [0.2, 0.25) is 5.91 Å². The van der Waals surface area contributed by atoms with Gasteiger partial charge in [-0.15, -0.1) is 12.4 Å². The van der Waals surface area contributed by atoms with E-state index in [1.807, 2.05) is 37.4 Å². The second-order valence-corrected chi connectivity index (χ2v) is 7.25. The fraction of sp³-hybridized carbons (Fsp3) is 0.435. The van der Waals surface area contributed by atoms with Crippen molar-refractivity contribution in [3.8, 4) is 5.75 Å². The lowest BCUT2D eigenvalue weighted by atomic mass is 9.82. The molecular weight excluding hydrogens is 388 g/mol. The molecule has 3 rings (SSSR count). The fourth-order valence-electron chi connectivity index (χ4n) is 3.57. The van der Waals surface area contributed by atoms with Crippen LogP contribution < -0.4 is 15.4 Å². The Morgan fingerprint density at radius 1 is 1.07 bits per heavy atom. The van der Waals surface area contributed by atoms with Gasteiger partial charge in [-0.3, -0.25) is 4.79 Å².